The molecule has 0 fully saturated rings. The van der Waals surface area contributed by atoms with Crippen LogP contribution in [0.5, 0.6) is 0 Å². The van der Waals surface area contributed by atoms with Gasteiger partial charge in [-0.3, -0.25) is 9.59 Å². The van der Waals surface area contributed by atoms with Crippen LogP contribution in [0.4, 0.5) is 0 Å². The number of thiophene rings is 2. The van der Waals surface area contributed by atoms with E-state index in [2.05, 4.69) is 11.4 Å². The van der Waals surface area contributed by atoms with Gasteiger partial charge in [0.25, 0.3) is 5.91 Å². The van der Waals surface area contributed by atoms with Crippen molar-refractivity contribution in [3.63, 3.8) is 0 Å². The van der Waals surface area contributed by atoms with Gasteiger partial charge in [0.2, 0.25) is 0 Å². The first-order valence-corrected chi connectivity index (χ1v) is 8.99. The molecule has 5 nitrogen and oxygen atoms in total. The molecule has 1 unspecified atom stereocenters. The molecular formula is C17H17NO4S2. The number of ether oxygens (including phenoxy) is 1. The van der Waals surface area contributed by atoms with Crippen LogP contribution in [0.25, 0.3) is 19.5 Å². The summed E-state index contributed by atoms with van der Waals surface area (Å²) in [6.45, 7) is 1.81. The summed E-state index contributed by atoms with van der Waals surface area (Å²) in [5.74, 6) is -1.25. The number of fused-ring (bicyclic) bond motifs is 3. The molecule has 2 heterocycles. The summed E-state index contributed by atoms with van der Waals surface area (Å²) in [5, 5.41) is 13.0. The molecule has 0 aliphatic rings. The minimum Gasteiger partial charge on any atom is -0.481 e. The van der Waals surface area contributed by atoms with Gasteiger partial charge in [-0.1, -0.05) is 18.2 Å². The fourth-order valence-corrected chi connectivity index (χ4v) is 5.15. The fraction of sp³-hybridized carbons (Fsp3) is 0.294. The summed E-state index contributed by atoms with van der Waals surface area (Å²) in [7, 11) is 1.49. The highest BCUT2D eigenvalue weighted by molar-refractivity contribution is 7.33. The Morgan fingerprint density at radius 1 is 1.25 bits per heavy atom. The third kappa shape index (κ3) is 3.28. The number of benzene rings is 1. The number of amides is 1. The first kappa shape index (κ1) is 16.9. The molecule has 0 aliphatic carbocycles. The number of carbonyl (C=O) groups is 2. The van der Waals surface area contributed by atoms with Crippen molar-refractivity contribution in [3.05, 3.63) is 35.2 Å². The average Bonchev–Trinajstić information content (AvgIpc) is 3.03. The second kappa shape index (κ2) is 6.51. The molecule has 24 heavy (non-hydrogen) atoms. The number of methoxy groups -OCH3 is 1. The van der Waals surface area contributed by atoms with Gasteiger partial charge in [-0.25, -0.2) is 0 Å². The molecule has 0 spiro atoms. The van der Waals surface area contributed by atoms with Gasteiger partial charge in [0.15, 0.2) is 0 Å². The monoisotopic (exact) mass is 363 g/mol. The van der Waals surface area contributed by atoms with E-state index in [9.17, 15) is 9.59 Å². The molecular weight excluding hydrogens is 346 g/mol. The molecule has 0 saturated heterocycles. The van der Waals surface area contributed by atoms with Crippen molar-refractivity contribution in [2.75, 3.05) is 13.7 Å². The maximum Gasteiger partial charge on any atom is 0.305 e. The van der Waals surface area contributed by atoms with E-state index < -0.39 is 11.5 Å². The molecule has 0 radical (unpaired) electrons. The number of nitrogens with one attached hydrogen (secondary N) is 1. The van der Waals surface area contributed by atoms with Gasteiger partial charge in [0.05, 0.1) is 28.1 Å². The Kier molecular flexibility index (Phi) is 4.58. The normalized spacial score (nSPS) is 13.9. The SMILES string of the molecule is COCC(C)(CC(=O)O)NC(=O)c1cc2sc3ccccc3c2s1. The van der Waals surface area contributed by atoms with E-state index in [4.69, 9.17) is 9.84 Å². The molecule has 1 atom stereocenters. The largest absolute Gasteiger partial charge is 0.481 e. The zero-order valence-corrected chi connectivity index (χ0v) is 14.9. The summed E-state index contributed by atoms with van der Waals surface area (Å²) < 4.78 is 8.43. The van der Waals surface area contributed by atoms with Gasteiger partial charge in [0, 0.05) is 21.9 Å². The van der Waals surface area contributed by atoms with Gasteiger partial charge in [-0.15, -0.1) is 22.7 Å². The maximum absolute atomic E-state index is 12.6. The highest BCUT2D eigenvalue weighted by Crippen LogP contribution is 2.39. The zero-order valence-electron chi connectivity index (χ0n) is 13.3. The van der Waals surface area contributed by atoms with Crippen molar-refractivity contribution in [2.24, 2.45) is 0 Å². The van der Waals surface area contributed by atoms with Gasteiger partial charge in [-0.05, 0) is 19.1 Å². The lowest BCUT2D eigenvalue weighted by atomic mass is 9.99. The lowest BCUT2D eigenvalue weighted by Crippen LogP contribution is -2.50. The van der Waals surface area contributed by atoms with Crippen molar-refractivity contribution >= 4 is 54.0 Å². The molecule has 7 heteroatoms. The molecule has 3 rings (SSSR count). The summed E-state index contributed by atoms with van der Waals surface area (Å²) in [6.07, 6.45) is -0.199. The molecule has 126 valence electrons. The summed E-state index contributed by atoms with van der Waals surface area (Å²) in [5.41, 5.74) is -0.947. The molecule has 1 aromatic carbocycles. The summed E-state index contributed by atoms with van der Waals surface area (Å²) >= 11 is 3.08. The van der Waals surface area contributed by atoms with E-state index in [0.717, 1.165) is 14.8 Å². The van der Waals surface area contributed by atoms with E-state index in [-0.39, 0.29) is 18.9 Å². The summed E-state index contributed by atoms with van der Waals surface area (Å²) in [4.78, 5) is 24.2. The Bertz CT molecular complexity index is 914. The number of hydrogen-bond donors (Lipinski definition) is 2. The second-order valence-electron chi connectivity index (χ2n) is 5.92. The van der Waals surface area contributed by atoms with Gasteiger partial charge < -0.3 is 15.2 Å². The van der Waals surface area contributed by atoms with Crippen molar-refractivity contribution in [2.45, 2.75) is 18.9 Å². The van der Waals surface area contributed by atoms with E-state index in [1.807, 2.05) is 24.3 Å². The van der Waals surface area contributed by atoms with Crippen LogP contribution >= 0.6 is 22.7 Å². The van der Waals surface area contributed by atoms with Crippen LogP contribution in [0.15, 0.2) is 30.3 Å². The third-order valence-corrected chi connectivity index (χ3v) is 6.11. The highest BCUT2D eigenvalue weighted by atomic mass is 32.1. The van der Waals surface area contributed by atoms with E-state index in [0.29, 0.717) is 4.88 Å². The number of rotatable bonds is 6. The lowest BCUT2D eigenvalue weighted by Gasteiger charge is -2.28. The fourth-order valence-electron chi connectivity index (χ4n) is 2.73. The van der Waals surface area contributed by atoms with Gasteiger partial charge in [-0.2, -0.15) is 0 Å². The zero-order chi connectivity index (χ0) is 17.3. The van der Waals surface area contributed by atoms with Crippen LogP contribution in [-0.4, -0.2) is 36.2 Å². The maximum atomic E-state index is 12.6. The van der Waals surface area contributed by atoms with E-state index in [1.165, 1.54) is 23.1 Å². The molecule has 3 aromatic rings. The van der Waals surface area contributed by atoms with Crippen molar-refractivity contribution in [1.29, 1.82) is 0 Å². The minimum absolute atomic E-state index is 0.133. The molecule has 0 aliphatic heterocycles. The molecule has 2 aromatic heterocycles. The third-order valence-electron chi connectivity index (χ3n) is 3.69. The quantitative estimate of drug-likeness (QED) is 0.700. The van der Waals surface area contributed by atoms with Crippen molar-refractivity contribution in [1.82, 2.24) is 5.32 Å². The van der Waals surface area contributed by atoms with Gasteiger partial charge in [0.1, 0.15) is 0 Å². The highest BCUT2D eigenvalue weighted by Gasteiger charge is 2.30. The van der Waals surface area contributed by atoms with Gasteiger partial charge >= 0.3 is 5.97 Å². The van der Waals surface area contributed by atoms with Crippen molar-refractivity contribution in [3.8, 4) is 0 Å². The number of carbonyl (C=O) groups excluding carboxylic acids is 1. The minimum atomic E-state index is -0.979. The number of aliphatic carboxylic acids is 1. The first-order chi connectivity index (χ1) is 11.4. The van der Waals surface area contributed by atoms with E-state index in [1.54, 1.807) is 18.3 Å². The smallest absolute Gasteiger partial charge is 0.305 e. The van der Waals surface area contributed by atoms with E-state index >= 15 is 0 Å². The number of carboxylic acids is 1. The van der Waals surface area contributed by atoms with Crippen LogP contribution in [0, 0.1) is 0 Å². The molecule has 1 amide bonds. The second-order valence-corrected chi connectivity index (χ2v) is 8.06. The first-order valence-electron chi connectivity index (χ1n) is 7.36. The number of hydrogen-bond acceptors (Lipinski definition) is 5. The Morgan fingerprint density at radius 2 is 2.00 bits per heavy atom. The Balaban J connectivity index is 1.88. The Morgan fingerprint density at radius 3 is 2.71 bits per heavy atom. The van der Waals surface area contributed by atoms with Crippen molar-refractivity contribution < 1.29 is 19.4 Å². The predicted molar refractivity (Wildman–Crippen MR) is 97.2 cm³/mol. The van der Waals surface area contributed by atoms with Crippen LogP contribution in [0.1, 0.15) is 23.0 Å². The number of carboxylic acid groups (broad SMARTS) is 1. The standard InChI is InChI=1S/C17H17NO4S2/c1-17(9-22-2,8-14(19)20)18-16(21)13-7-12-15(24-13)10-5-3-4-6-11(10)23-12/h3-7H,8-9H2,1-2H3,(H,18,21)(H,19,20). The Labute approximate surface area is 146 Å². The Hall–Kier alpha value is -1.96. The molecule has 0 bridgehead atoms. The van der Waals surface area contributed by atoms with Crippen LogP contribution in [0.2, 0.25) is 0 Å². The lowest BCUT2D eigenvalue weighted by molar-refractivity contribution is -0.139. The predicted octanol–water partition coefficient (Wildman–Crippen LogP) is 3.73. The average molecular weight is 363 g/mol. The molecule has 0 saturated carbocycles. The van der Waals surface area contributed by atoms with Crippen LogP contribution < -0.4 is 5.32 Å². The summed E-state index contributed by atoms with van der Waals surface area (Å²) in [6, 6.07) is 9.96. The van der Waals surface area contributed by atoms with Crippen LogP contribution in [0.3, 0.4) is 0 Å². The molecule has 2 N–H and O–H groups in total. The van der Waals surface area contributed by atoms with Crippen LogP contribution in [-0.2, 0) is 9.53 Å². The topological polar surface area (TPSA) is 75.6 Å².